The maximum atomic E-state index is 5.83. The molecule has 0 amide bonds. The molecule has 2 nitrogen and oxygen atoms in total. The monoisotopic (exact) mass is 138 g/mol. The first-order valence-corrected chi connectivity index (χ1v) is 3.40. The van der Waals surface area contributed by atoms with Crippen LogP contribution in [-0.4, -0.2) is 32.1 Å². The fourth-order valence-electron chi connectivity index (χ4n) is 0.759. The first kappa shape index (κ1) is 9.19. The average molecular weight is 138 g/mol. The predicted molar refractivity (Wildman–Crippen MR) is 43.8 cm³/mol. The van der Waals surface area contributed by atoms with Gasteiger partial charge in [-0.2, -0.15) is 0 Å². The van der Waals surface area contributed by atoms with Crippen molar-refractivity contribution >= 4 is 0 Å². The molecule has 1 aliphatic rings. The van der Waals surface area contributed by atoms with Crippen molar-refractivity contribution in [1.29, 1.82) is 0 Å². The van der Waals surface area contributed by atoms with Gasteiger partial charge >= 0.3 is 0 Å². The molecule has 0 N–H and O–H groups in total. The Bertz CT molecular complexity index is 133. The Labute approximate surface area is 63.0 Å². The summed E-state index contributed by atoms with van der Waals surface area (Å²) in [6, 6.07) is 0. The lowest BCUT2D eigenvalue weighted by molar-refractivity contribution is 0.366. The molecule has 1 heterocycles. The van der Waals surface area contributed by atoms with E-state index in [1.165, 1.54) is 20.0 Å². The van der Waals surface area contributed by atoms with E-state index in [4.69, 9.17) is 6.57 Å². The van der Waals surface area contributed by atoms with Gasteiger partial charge in [-0.15, -0.1) is 0 Å². The predicted octanol–water partition coefficient (Wildman–Crippen LogP) is 1.41. The zero-order valence-electron chi connectivity index (χ0n) is 6.67. The molecule has 0 atom stereocenters. The molecular weight excluding hydrogens is 124 g/mol. The third-order valence-electron chi connectivity index (χ3n) is 1.26. The standard InChI is InChI=1S/C6H11N.C2H3N/c1-7-5-3-2-4-6-7;1-3-2/h2-3H,4-6H2,1H3;1H3. The van der Waals surface area contributed by atoms with Crippen LogP contribution in [0.1, 0.15) is 6.42 Å². The Kier molecular flexibility index (Phi) is 5.80. The smallest absolute Gasteiger partial charge is 0.205 e. The van der Waals surface area contributed by atoms with Crippen LogP contribution in [0.25, 0.3) is 4.85 Å². The third kappa shape index (κ3) is 5.33. The van der Waals surface area contributed by atoms with Gasteiger partial charge in [-0.05, 0) is 13.5 Å². The largest absolute Gasteiger partial charge is 0.320 e. The summed E-state index contributed by atoms with van der Waals surface area (Å²) in [7, 11) is 3.56. The van der Waals surface area contributed by atoms with Crippen molar-refractivity contribution in [2.75, 3.05) is 27.2 Å². The molecule has 0 aromatic rings. The highest BCUT2D eigenvalue weighted by Crippen LogP contribution is 1.95. The number of likely N-dealkylation sites (N-methyl/N-ethyl adjacent to an activating group) is 1. The Morgan fingerprint density at radius 1 is 1.50 bits per heavy atom. The number of rotatable bonds is 0. The van der Waals surface area contributed by atoms with E-state index >= 15 is 0 Å². The average Bonchev–Trinajstić information content (AvgIpc) is 1.91. The van der Waals surface area contributed by atoms with Crippen molar-refractivity contribution in [3.63, 3.8) is 0 Å². The van der Waals surface area contributed by atoms with E-state index < -0.39 is 0 Å². The highest BCUT2D eigenvalue weighted by atomic mass is 15.1. The van der Waals surface area contributed by atoms with Crippen LogP contribution in [0.2, 0.25) is 0 Å². The van der Waals surface area contributed by atoms with Crippen LogP contribution in [0, 0.1) is 6.57 Å². The summed E-state index contributed by atoms with van der Waals surface area (Å²) in [6.07, 6.45) is 5.68. The highest BCUT2D eigenvalue weighted by molar-refractivity contribution is 4.89. The molecule has 10 heavy (non-hydrogen) atoms. The van der Waals surface area contributed by atoms with Crippen LogP contribution in [0.5, 0.6) is 0 Å². The quantitative estimate of drug-likeness (QED) is 0.363. The Balaban J connectivity index is 0.000000236. The lowest BCUT2D eigenvalue weighted by atomic mass is 10.3. The van der Waals surface area contributed by atoms with E-state index in [1.54, 1.807) is 0 Å². The van der Waals surface area contributed by atoms with E-state index in [0.717, 1.165) is 6.54 Å². The van der Waals surface area contributed by atoms with Gasteiger partial charge in [0.25, 0.3) is 0 Å². The van der Waals surface area contributed by atoms with Gasteiger partial charge in [0.1, 0.15) is 0 Å². The molecule has 0 radical (unpaired) electrons. The zero-order chi connectivity index (χ0) is 7.82. The molecular formula is C8H14N2. The lowest BCUT2D eigenvalue weighted by Gasteiger charge is -2.15. The first-order chi connectivity index (χ1) is 4.81. The number of nitrogens with zero attached hydrogens (tertiary/aromatic N) is 2. The molecule has 2 heteroatoms. The van der Waals surface area contributed by atoms with Crippen molar-refractivity contribution < 1.29 is 0 Å². The van der Waals surface area contributed by atoms with Crippen molar-refractivity contribution in [3.05, 3.63) is 23.6 Å². The lowest BCUT2D eigenvalue weighted by Crippen LogP contribution is -2.21. The molecule has 1 rings (SSSR count). The second-order valence-corrected chi connectivity index (χ2v) is 2.25. The molecule has 0 bridgehead atoms. The highest BCUT2D eigenvalue weighted by Gasteiger charge is 1.95. The molecule has 0 fully saturated rings. The minimum atomic E-state index is 1.14. The van der Waals surface area contributed by atoms with Crippen molar-refractivity contribution in [2.24, 2.45) is 0 Å². The molecule has 0 saturated carbocycles. The van der Waals surface area contributed by atoms with E-state index in [2.05, 4.69) is 28.9 Å². The van der Waals surface area contributed by atoms with Crippen LogP contribution in [-0.2, 0) is 0 Å². The second kappa shape index (κ2) is 6.31. The summed E-state index contributed by atoms with van der Waals surface area (Å²) in [5, 5.41) is 0. The zero-order valence-corrected chi connectivity index (χ0v) is 6.67. The van der Waals surface area contributed by atoms with Gasteiger partial charge in [-0.1, -0.05) is 12.2 Å². The normalized spacial score (nSPS) is 16.9. The summed E-state index contributed by atoms with van der Waals surface area (Å²) in [4.78, 5) is 5.06. The van der Waals surface area contributed by atoms with Gasteiger partial charge in [-0.25, -0.2) is 6.57 Å². The Morgan fingerprint density at radius 2 is 2.10 bits per heavy atom. The van der Waals surface area contributed by atoms with E-state index in [0.29, 0.717) is 0 Å². The molecule has 0 spiro atoms. The van der Waals surface area contributed by atoms with E-state index in [1.807, 2.05) is 0 Å². The van der Waals surface area contributed by atoms with Crippen LogP contribution < -0.4 is 0 Å². The Morgan fingerprint density at radius 3 is 2.30 bits per heavy atom. The molecule has 0 aliphatic carbocycles. The van der Waals surface area contributed by atoms with Crippen LogP contribution in [0.4, 0.5) is 0 Å². The molecule has 0 aromatic heterocycles. The minimum Gasteiger partial charge on any atom is -0.320 e. The summed E-state index contributed by atoms with van der Waals surface area (Å²) >= 11 is 0. The van der Waals surface area contributed by atoms with Crippen molar-refractivity contribution in [2.45, 2.75) is 6.42 Å². The van der Waals surface area contributed by atoms with Crippen molar-refractivity contribution in [1.82, 2.24) is 4.90 Å². The van der Waals surface area contributed by atoms with Gasteiger partial charge in [-0.3, -0.25) is 0 Å². The fourth-order valence-corrected chi connectivity index (χ4v) is 0.759. The SMILES string of the molecule is CN1CC=CCC1.[C-]#[N+]C. The minimum absolute atomic E-state index is 1.14. The molecule has 0 aromatic carbocycles. The number of hydrogen-bond donors (Lipinski definition) is 0. The van der Waals surface area contributed by atoms with Crippen molar-refractivity contribution in [3.8, 4) is 0 Å². The third-order valence-corrected chi connectivity index (χ3v) is 1.26. The molecule has 1 aliphatic heterocycles. The van der Waals surface area contributed by atoms with Crippen LogP contribution >= 0.6 is 0 Å². The maximum absolute atomic E-state index is 5.83. The van der Waals surface area contributed by atoms with Gasteiger partial charge in [0.2, 0.25) is 7.05 Å². The summed E-state index contributed by atoms with van der Waals surface area (Å²) in [5.74, 6) is 0. The fraction of sp³-hybridized carbons (Fsp3) is 0.625. The van der Waals surface area contributed by atoms with Crippen LogP contribution in [0.3, 0.4) is 0 Å². The molecule has 0 unspecified atom stereocenters. The number of hydrogen-bond acceptors (Lipinski definition) is 1. The molecule has 56 valence electrons. The maximum Gasteiger partial charge on any atom is 0.205 e. The van der Waals surface area contributed by atoms with Gasteiger partial charge < -0.3 is 9.74 Å². The topological polar surface area (TPSA) is 7.60 Å². The summed E-state index contributed by atoms with van der Waals surface area (Å²) in [5.41, 5.74) is 0. The van der Waals surface area contributed by atoms with Crippen LogP contribution in [0.15, 0.2) is 12.2 Å². The summed E-state index contributed by atoms with van der Waals surface area (Å²) < 4.78 is 0. The molecule has 0 saturated heterocycles. The van der Waals surface area contributed by atoms with Gasteiger partial charge in [0, 0.05) is 13.1 Å². The van der Waals surface area contributed by atoms with Gasteiger partial charge in [0.05, 0.1) is 0 Å². The first-order valence-electron chi connectivity index (χ1n) is 3.40. The second-order valence-electron chi connectivity index (χ2n) is 2.25. The summed E-state index contributed by atoms with van der Waals surface area (Å²) in [6.45, 7) is 8.20. The van der Waals surface area contributed by atoms with E-state index in [-0.39, 0.29) is 0 Å². The Hall–Kier alpha value is -0.810. The van der Waals surface area contributed by atoms with Gasteiger partial charge in [0.15, 0.2) is 0 Å². The van der Waals surface area contributed by atoms with E-state index in [9.17, 15) is 0 Å².